The number of rotatable bonds is 7. The first-order valence-electron chi connectivity index (χ1n) is 8.44. The summed E-state index contributed by atoms with van der Waals surface area (Å²) in [5.74, 6) is 0. The van der Waals surface area contributed by atoms with E-state index >= 15 is 0 Å². The van der Waals surface area contributed by atoms with E-state index in [4.69, 9.17) is 0 Å². The van der Waals surface area contributed by atoms with Crippen molar-refractivity contribution in [1.29, 1.82) is 0 Å². The van der Waals surface area contributed by atoms with Gasteiger partial charge in [-0.15, -0.1) is 0 Å². The number of benzene rings is 2. The molecule has 3 heteroatoms. The Morgan fingerprint density at radius 3 is 2.50 bits per heavy atom. The SMILES string of the molecule is CN(CCc1ccncc1)C[C@H](O)Cc1ccc2ccccc2c1. The van der Waals surface area contributed by atoms with Crippen molar-refractivity contribution in [2.24, 2.45) is 0 Å². The highest BCUT2D eigenvalue weighted by atomic mass is 16.3. The van der Waals surface area contributed by atoms with Gasteiger partial charge >= 0.3 is 0 Å². The molecule has 0 bridgehead atoms. The quantitative estimate of drug-likeness (QED) is 0.725. The van der Waals surface area contributed by atoms with Crippen LogP contribution in [0.5, 0.6) is 0 Å². The Morgan fingerprint density at radius 2 is 1.71 bits per heavy atom. The molecule has 0 amide bonds. The summed E-state index contributed by atoms with van der Waals surface area (Å²) in [4.78, 5) is 6.22. The van der Waals surface area contributed by atoms with E-state index in [1.165, 1.54) is 21.9 Å². The molecule has 1 atom stereocenters. The second-order valence-electron chi connectivity index (χ2n) is 6.41. The molecule has 3 rings (SSSR count). The fourth-order valence-electron chi connectivity index (χ4n) is 3.02. The van der Waals surface area contributed by atoms with Gasteiger partial charge in [0, 0.05) is 25.5 Å². The Balaban J connectivity index is 1.51. The summed E-state index contributed by atoms with van der Waals surface area (Å²) in [6.45, 7) is 1.61. The van der Waals surface area contributed by atoms with Crippen LogP contribution in [-0.4, -0.2) is 41.2 Å². The van der Waals surface area contributed by atoms with Crippen LogP contribution in [0, 0.1) is 0 Å². The maximum absolute atomic E-state index is 10.4. The first-order valence-corrected chi connectivity index (χ1v) is 8.44. The Kier molecular flexibility index (Phi) is 5.57. The number of hydrogen-bond donors (Lipinski definition) is 1. The van der Waals surface area contributed by atoms with Crippen molar-refractivity contribution in [1.82, 2.24) is 9.88 Å². The molecule has 1 aromatic heterocycles. The smallest absolute Gasteiger partial charge is 0.0707 e. The summed E-state index contributed by atoms with van der Waals surface area (Å²) < 4.78 is 0. The number of nitrogens with zero attached hydrogens (tertiary/aromatic N) is 2. The summed E-state index contributed by atoms with van der Waals surface area (Å²) in [6, 6.07) is 18.8. The third kappa shape index (κ3) is 4.63. The first kappa shape index (κ1) is 16.6. The zero-order chi connectivity index (χ0) is 16.8. The van der Waals surface area contributed by atoms with Crippen LogP contribution in [0.25, 0.3) is 10.8 Å². The number of aliphatic hydroxyl groups is 1. The average molecular weight is 320 g/mol. The van der Waals surface area contributed by atoms with Gasteiger partial charge in [-0.25, -0.2) is 0 Å². The standard InChI is InChI=1S/C21H24N2O/c1-23(13-10-17-8-11-22-12-9-17)16-21(24)15-18-6-7-19-4-2-3-5-20(19)14-18/h2-9,11-12,14,21,24H,10,13,15-16H2,1H3/t21-/m1/s1. The zero-order valence-corrected chi connectivity index (χ0v) is 14.1. The minimum Gasteiger partial charge on any atom is -0.391 e. The second-order valence-corrected chi connectivity index (χ2v) is 6.41. The van der Waals surface area contributed by atoms with Gasteiger partial charge in [-0.2, -0.15) is 0 Å². The van der Waals surface area contributed by atoms with Gasteiger partial charge in [0.1, 0.15) is 0 Å². The lowest BCUT2D eigenvalue weighted by molar-refractivity contribution is 0.126. The van der Waals surface area contributed by atoms with Crippen molar-refractivity contribution in [3.8, 4) is 0 Å². The van der Waals surface area contributed by atoms with Gasteiger partial charge in [0.25, 0.3) is 0 Å². The Labute approximate surface area is 143 Å². The van der Waals surface area contributed by atoms with Crippen LogP contribution in [0.1, 0.15) is 11.1 Å². The van der Waals surface area contributed by atoms with Crippen molar-refractivity contribution in [3.63, 3.8) is 0 Å². The minimum absolute atomic E-state index is 0.353. The van der Waals surface area contributed by atoms with Crippen molar-refractivity contribution in [2.45, 2.75) is 18.9 Å². The predicted octanol–water partition coefficient (Wildman–Crippen LogP) is 3.31. The lowest BCUT2D eigenvalue weighted by atomic mass is 10.0. The Morgan fingerprint density at radius 1 is 0.958 bits per heavy atom. The van der Waals surface area contributed by atoms with Gasteiger partial charge in [0.05, 0.1) is 6.10 Å². The fraction of sp³-hybridized carbons (Fsp3) is 0.286. The van der Waals surface area contributed by atoms with Crippen LogP contribution in [0.3, 0.4) is 0 Å². The summed E-state index contributed by atoms with van der Waals surface area (Å²) in [7, 11) is 2.06. The van der Waals surface area contributed by atoms with E-state index in [-0.39, 0.29) is 6.10 Å². The third-order valence-corrected chi connectivity index (χ3v) is 4.34. The number of hydrogen-bond acceptors (Lipinski definition) is 3. The molecule has 3 aromatic rings. The van der Waals surface area contributed by atoms with E-state index < -0.39 is 0 Å². The molecule has 0 aliphatic carbocycles. The van der Waals surface area contributed by atoms with Crippen LogP contribution >= 0.6 is 0 Å². The highest BCUT2D eigenvalue weighted by molar-refractivity contribution is 5.82. The van der Waals surface area contributed by atoms with Crippen LogP contribution in [0.15, 0.2) is 67.0 Å². The number of aromatic nitrogens is 1. The monoisotopic (exact) mass is 320 g/mol. The number of aliphatic hydroxyl groups excluding tert-OH is 1. The van der Waals surface area contributed by atoms with Crippen molar-refractivity contribution in [2.75, 3.05) is 20.1 Å². The first-order chi connectivity index (χ1) is 11.7. The van der Waals surface area contributed by atoms with Crippen molar-refractivity contribution < 1.29 is 5.11 Å². The lowest BCUT2D eigenvalue weighted by Gasteiger charge is -2.20. The van der Waals surface area contributed by atoms with Crippen LogP contribution in [0.4, 0.5) is 0 Å². The van der Waals surface area contributed by atoms with Gasteiger partial charge in [-0.3, -0.25) is 4.98 Å². The highest BCUT2D eigenvalue weighted by Crippen LogP contribution is 2.16. The Hall–Kier alpha value is -2.23. The number of likely N-dealkylation sites (N-methyl/N-ethyl adjacent to an activating group) is 1. The van der Waals surface area contributed by atoms with Crippen molar-refractivity contribution >= 4 is 10.8 Å². The molecule has 0 aliphatic rings. The van der Waals surface area contributed by atoms with Crippen LogP contribution in [0.2, 0.25) is 0 Å². The van der Waals surface area contributed by atoms with Crippen LogP contribution < -0.4 is 0 Å². The zero-order valence-electron chi connectivity index (χ0n) is 14.1. The third-order valence-electron chi connectivity index (χ3n) is 4.34. The van der Waals surface area contributed by atoms with Gasteiger partial charge in [0.2, 0.25) is 0 Å². The molecule has 0 spiro atoms. The maximum atomic E-state index is 10.4. The second kappa shape index (κ2) is 8.04. The van der Waals surface area contributed by atoms with E-state index in [0.717, 1.165) is 13.0 Å². The largest absolute Gasteiger partial charge is 0.391 e. The summed E-state index contributed by atoms with van der Waals surface area (Å²) in [6.07, 6.45) is 4.95. The maximum Gasteiger partial charge on any atom is 0.0707 e. The van der Waals surface area contributed by atoms with Gasteiger partial charge in [-0.05, 0) is 53.9 Å². The molecular weight excluding hydrogens is 296 g/mol. The normalized spacial score (nSPS) is 12.6. The Bertz CT molecular complexity index is 773. The van der Waals surface area contributed by atoms with Crippen molar-refractivity contribution in [3.05, 3.63) is 78.1 Å². The van der Waals surface area contributed by atoms with Gasteiger partial charge < -0.3 is 10.0 Å². The predicted molar refractivity (Wildman–Crippen MR) is 99.1 cm³/mol. The van der Waals surface area contributed by atoms with E-state index in [9.17, 15) is 5.11 Å². The molecule has 0 radical (unpaired) electrons. The van der Waals surface area contributed by atoms with E-state index in [0.29, 0.717) is 13.0 Å². The molecule has 1 heterocycles. The van der Waals surface area contributed by atoms with Crippen LogP contribution in [-0.2, 0) is 12.8 Å². The molecule has 0 saturated carbocycles. The molecule has 0 saturated heterocycles. The molecule has 2 aromatic carbocycles. The number of pyridine rings is 1. The van der Waals surface area contributed by atoms with E-state index in [1.54, 1.807) is 0 Å². The van der Waals surface area contributed by atoms with Gasteiger partial charge in [-0.1, -0.05) is 42.5 Å². The molecule has 1 N–H and O–H groups in total. The molecule has 124 valence electrons. The minimum atomic E-state index is -0.353. The molecular formula is C21H24N2O. The molecule has 3 nitrogen and oxygen atoms in total. The summed E-state index contributed by atoms with van der Waals surface area (Å²) in [5, 5.41) is 12.9. The lowest BCUT2D eigenvalue weighted by Crippen LogP contribution is -2.32. The molecule has 24 heavy (non-hydrogen) atoms. The van der Waals surface area contributed by atoms with E-state index in [1.807, 2.05) is 24.5 Å². The summed E-state index contributed by atoms with van der Waals surface area (Å²) >= 11 is 0. The average Bonchev–Trinajstić information content (AvgIpc) is 2.60. The molecule has 0 unspecified atom stereocenters. The summed E-state index contributed by atoms with van der Waals surface area (Å²) in [5.41, 5.74) is 2.46. The van der Waals surface area contributed by atoms with Gasteiger partial charge in [0.15, 0.2) is 0 Å². The number of fused-ring (bicyclic) bond motifs is 1. The topological polar surface area (TPSA) is 36.4 Å². The fourth-order valence-corrected chi connectivity index (χ4v) is 3.02. The highest BCUT2D eigenvalue weighted by Gasteiger charge is 2.10. The molecule has 0 aliphatic heterocycles. The van der Waals surface area contributed by atoms with E-state index in [2.05, 4.69) is 59.4 Å². The molecule has 0 fully saturated rings.